The second kappa shape index (κ2) is 8.12. The fourth-order valence-corrected chi connectivity index (χ4v) is 3.73. The zero-order valence-electron chi connectivity index (χ0n) is 16.0. The van der Waals surface area contributed by atoms with Crippen LogP contribution in [0.15, 0.2) is 71.2 Å². The molecule has 0 fully saturated rings. The lowest BCUT2D eigenvalue weighted by Crippen LogP contribution is -2.29. The lowest BCUT2D eigenvalue weighted by molar-refractivity contribution is 0.0924. The van der Waals surface area contributed by atoms with E-state index in [0.717, 1.165) is 4.90 Å². The van der Waals surface area contributed by atoms with Gasteiger partial charge in [0, 0.05) is 11.3 Å². The van der Waals surface area contributed by atoms with Gasteiger partial charge in [-0.1, -0.05) is 12.1 Å². The van der Waals surface area contributed by atoms with Crippen LogP contribution in [0.5, 0.6) is 5.75 Å². The minimum absolute atomic E-state index is 0.285. The van der Waals surface area contributed by atoms with Crippen molar-refractivity contribution >= 4 is 45.0 Å². The van der Waals surface area contributed by atoms with Crippen LogP contribution in [0.4, 0.5) is 11.4 Å². The monoisotopic (exact) mass is 464 g/mol. The SMILES string of the molecule is CCOc1ccc(C(=O)Nc2ccc(N3C(=O)c4ccccc4C3=O)cc2)cc1Br. The maximum Gasteiger partial charge on any atom is 0.266 e. The first-order chi connectivity index (χ1) is 14.5. The average molecular weight is 465 g/mol. The van der Waals surface area contributed by atoms with Crippen molar-refractivity contribution in [1.29, 1.82) is 0 Å². The zero-order chi connectivity index (χ0) is 21.3. The summed E-state index contributed by atoms with van der Waals surface area (Å²) in [6.45, 7) is 2.42. The van der Waals surface area contributed by atoms with Gasteiger partial charge in [0.2, 0.25) is 0 Å². The highest BCUT2D eigenvalue weighted by Crippen LogP contribution is 2.29. The molecule has 3 aromatic rings. The third-order valence-electron chi connectivity index (χ3n) is 4.67. The van der Waals surface area contributed by atoms with Crippen molar-refractivity contribution in [2.75, 3.05) is 16.8 Å². The summed E-state index contributed by atoms with van der Waals surface area (Å²) in [5.74, 6) is -0.329. The second-order valence-corrected chi connectivity index (χ2v) is 7.42. The molecule has 30 heavy (non-hydrogen) atoms. The minimum atomic E-state index is -0.355. The van der Waals surface area contributed by atoms with Crippen molar-refractivity contribution in [1.82, 2.24) is 0 Å². The molecule has 0 aromatic heterocycles. The summed E-state index contributed by atoms with van der Waals surface area (Å²) in [7, 11) is 0. The summed E-state index contributed by atoms with van der Waals surface area (Å²) in [6.07, 6.45) is 0. The van der Waals surface area contributed by atoms with Gasteiger partial charge in [0.25, 0.3) is 17.7 Å². The van der Waals surface area contributed by atoms with E-state index in [4.69, 9.17) is 4.74 Å². The van der Waals surface area contributed by atoms with Crippen LogP contribution < -0.4 is 15.0 Å². The number of hydrogen-bond acceptors (Lipinski definition) is 4. The largest absolute Gasteiger partial charge is 0.493 e. The van der Waals surface area contributed by atoms with Crippen molar-refractivity contribution in [3.05, 3.63) is 87.9 Å². The van der Waals surface area contributed by atoms with Gasteiger partial charge < -0.3 is 10.1 Å². The highest BCUT2D eigenvalue weighted by Gasteiger charge is 2.36. The topological polar surface area (TPSA) is 75.7 Å². The molecule has 0 spiro atoms. The third-order valence-corrected chi connectivity index (χ3v) is 5.29. The van der Waals surface area contributed by atoms with Crippen LogP contribution in [-0.2, 0) is 0 Å². The first kappa shape index (κ1) is 19.8. The summed E-state index contributed by atoms with van der Waals surface area (Å²) in [4.78, 5) is 38.8. The smallest absolute Gasteiger partial charge is 0.266 e. The van der Waals surface area contributed by atoms with Crippen LogP contribution in [0, 0.1) is 0 Å². The molecule has 6 nitrogen and oxygen atoms in total. The Morgan fingerprint density at radius 2 is 1.60 bits per heavy atom. The molecule has 0 atom stereocenters. The Kier molecular flexibility index (Phi) is 5.37. The van der Waals surface area contributed by atoms with Gasteiger partial charge in [-0.3, -0.25) is 14.4 Å². The number of anilines is 2. The van der Waals surface area contributed by atoms with Gasteiger partial charge in [0.15, 0.2) is 0 Å². The number of benzene rings is 3. The number of ether oxygens (including phenoxy) is 1. The van der Waals surface area contributed by atoms with E-state index in [1.54, 1.807) is 66.7 Å². The number of nitrogens with zero attached hydrogens (tertiary/aromatic N) is 1. The Balaban J connectivity index is 1.50. The first-order valence-corrected chi connectivity index (χ1v) is 10.1. The van der Waals surface area contributed by atoms with Gasteiger partial charge in [-0.15, -0.1) is 0 Å². The Hall–Kier alpha value is -3.45. The van der Waals surface area contributed by atoms with E-state index in [9.17, 15) is 14.4 Å². The lowest BCUT2D eigenvalue weighted by atomic mass is 10.1. The van der Waals surface area contributed by atoms with E-state index in [-0.39, 0.29) is 17.7 Å². The van der Waals surface area contributed by atoms with E-state index >= 15 is 0 Å². The number of nitrogens with one attached hydrogen (secondary N) is 1. The molecule has 0 saturated carbocycles. The molecule has 0 aliphatic carbocycles. The number of imide groups is 1. The Bertz CT molecular complexity index is 1120. The maximum absolute atomic E-state index is 12.6. The summed E-state index contributed by atoms with van der Waals surface area (Å²) < 4.78 is 6.15. The van der Waals surface area contributed by atoms with Crippen LogP contribution in [0.1, 0.15) is 38.0 Å². The second-order valence-electron chi connectivity index (χ2n) is 6.57. The summed E-state index contributed by atoms with van der Waals surface area (Å²) in [5, 5.41) is 2.81. The first-order valence-electron chi connectivity index (χ1n) is 9.31. The number of rotatable bonds is 5. The number of fused-ring (bicyclic) bond motifs is 1. The molecule has 7 heteroatoms. The predicted molar refractivity (Wildman–Crippen MR) is 117 cm³/mol. The fraction of sp³-hybridized carbons (Fsp3) is 0.0870. The van der Waals surface area contributed by atoms with Crippen molar-refractivity contribution in [2.45, 2.75) is 6.92 Å². The lowest BCUT2D eigenvalue weighted by Gasteiger charge is -2.14. The average Bonchev–Trinajstić information content (AvgIpc) is 3.01. The molecule has 1 aliphatic rings. The van der Waals surface area contributed by atoms with Gasteiger partial charge >= 0.3 is 0 Å². The van der Waals surface area contributed by atoms with Crippen LogP contribution >= 0.6 is 15.9 Å². The number of carbonyl (C=O) groups is 3. The standard InChI is InChI=1S/C23H17BrN2O4/c1-2-30-20-12-7-14(13-19(20)24)21(27)25-15-8-10-16(11-9-15)26-22(28)17-5-3-4-6-18(17)23(26)29/h3-13H,2H2,1H3,(H,25,27). The summed E-state index contributed by atoms with van der Waals surface area (Å²) in [6, 6.07) is 18.4. The van der Waals surface area contributed by atoms with Gasteiger partial charge in [-0.25, -0.2) is 4.90 Å². The quantitative estimate of drug-likeness (QED) is 0.544. The number of carbonyl (C=O) groups excluding carboxylic acids is 3. The van der Waals surface area contributed by atoms with E-state index in [1.165, 1.54) is 0 Å². The molecule has 1 heterocycles. The van der Waals surface area contributed by atoms with Crippen molar-refractivity contribution in [3.8, 4) is 5.75 Å². The van der Waals surface area contributed by atoms with Crippen LogP contribution in [0.2, 0.25) is 0 Å². The molecule has 0 saturated heterocycles. The zero-order valence-corrected chi connectivity index (χ0v) is 17.6. The third kappa shape index (κ3) is 3.59. The van der Waals surface area contributed by atoms with Crippen LogP contribution in [0.3, 0.4) is 0 Å². The molecule has 0 radical (unpaired) electrons. The normalized spacial score (nSPS) is 12.7. The fourth-order valence-electron chi connectivity index (χ4n) is 3.24. The van der Waals surface area contributed by atoms with Gasteiger partial charge in [-0.05, 0) is 77.5 Å². The summed E-state index contributed by atoms with van der Waals surface area (Å²) >= 11 is 3.40. The highest BCUT2D eigenvalue weighted by molar-refractivity contribution is 9.10. The highest BCUT2D eigenvalue weighted by atomic mass is 79.9. The van der Waals surface area contributed by atoms with Gasteiger partial charge in [0.05, 0.1) is 27.9 Å². The number of halogens is 1. The van der Waals surface area contributed by atoms with Gasteiger partial charge in [0.1, 0.15) is 5.75 Å². The molecule has 3 amide bonds. The molecule has 1 N–H and O–H groups in total. The van der Waals surface area contributed by atoms with Crippen LogP contribution in [-0.4, -0.2) is 24.3 Å². The molecule has 0 bridgehead atoms. The minimum Gasteiger partial charge on any atom is -0.493 e. The molecule has 0 unspecified atom stereocenters. The Labute approximate surface area is 181 Å². The maximum atomic E-state index is 12.6. The number of amides is 3. The Morgan fingerprint density at radius 3 is 2.17 bits per heavy atom. The molecular formula is C23H17BrN2O4. The predicted octanol–water partition coefficient (Wildman–Crippen LogP) is 4.90. The van der Waals surface area contributed by atoms with Crippen LogP contribution in [0.25, 0.3) is 0 Å². The van der Waals surface area contributed by atoms with E-state index in [2.05, 4.69) is 21.2 Å². The van der Waals surface area contributed by atoms with Crippen molar-refractivity contribution in [2.24, 2.45) is 0 Å². The molecule has 3 aromatic carbocycles. The van der Waals surface area contributed by atoms with Crippen molar-refractivity contribution < 1.29 is 19.1 Å². The van der Waals surface area contributed by atoms with Gasteiger partial charge in [-0.2, -0.15) is 0 Å². The number of hydrogen-bond donors (Lipinski definition) is 1. The summed E-state index contributed by atoms with van der Waals surface area (Å²) in [5.41, 5.74) is 2.24. The van der Waals surface area contributed by atoms with Crippen molar-refractivity contribution in [3.63, 3.8) is 0 Å². The molecule has 150 valence electrons. The van der Waals surface area contributed by atoms with E-state index in [0.29, 0.717) is 44.9 Å². The molecule has 4 rings (SSSR count). The van der Waals surface area contributed by atoms with E-state index in [1.807, 2.05) is 6.92 Å². The van der Waals surface area contributed by atoms with E-state index < -0.39 is 0 Å². The Morgan fingerprint density at radius 1 is 0.967 bits per heavy atom. The molecular weight excluding hydrogens is 448 g/mol. The molecule has 1 aliphatic heterocycles.